The van der Waals surface area contributed by atoms with Gasteiger partial charge in [0.05, 0.1) is 6.04 Å². The van der Waals surface area contributed by atoms with Crippen LogP contribution in [0, 0.1) is 19.7 Å². The molecule has 2 nitrogen and oxygen atoms in total. The Bertz CT molecular complexity index is 556. The maximum atomic E-state index is 14.3. The van der Waals surface area contributed by atoms with Crippen LogP contribution in [0.25, 0.3) is 0 Å². The van der Waals surface area contributed by atoms with Crippen molar-refractivity contribution in [3.05, 3.63) is 57.8 Å². The molecule has 2 rings (SSSR count). The van der Waals surface area contributed by atoms with Crippen molar-refractivity contribution in [2.45, 2.75) is 26.8 Å². The first kappa shape index (κ1) is 14.1. The summed E-state index contributed by atoms with van der Waals surface area (Å²) < 4.78 is 19.7. The summed E-state index contributed by atoms with van der Waals surface area (Å²) >= 11 is 5.81. The third-order valence-corrected chi connectivity index (χ3v) is 3.26. The Morgan fingerprint density at radius 3 is 2.58 bits per heavy atom. The van der Waals surface area contributed by atoms with Gasteiger partial charge in [0.1, 0.15) is 11.6 Å². The van der Waals surface area contributed by atoms with Gasteiger partial charge in [0, 0.05) is 5.56 Å². The molecule has 0 fully saturated rings. The summed E-state index contributed by atoms with van der Waals surface area (Å²) in [6.07, 6.45) is 0. The molecule has 1 unspecified atom stereocenters. The molecule has 0 aliphatic rings. The maximum Gasteiger partial charge on any atom is 0.193 e. The van der Waals surface area contributed by atoms with Crippen molar-refractivity contribution in [1.29, 1.82) is 0 Å². The zero-order chi connectivity index (χ0) is 14.0. The summed E-state index contributed by atoms with van der Waals surface area (Å²) in [4.78, 5) is 0. The van der Waals surface area contributed by atoms with E-state index in [2.05, 4.69) is 5.32 Å². The molecule has 0 saturated heterocycles. The summed E-state index contributed by atoms with van der Waals surface area (Å²) in [6.45, 7) is 6.46. The molecule has 1 N–H and O–H groups in total. The molecule has 0 amide bonds. The van der Waals surface area contributed by atoms with Gasteiger partial charge in [-0.2, -0.15) is 0 Å². The fourth-order valence-corrected chi connectivity index (χ4v) is 2.48. The minimum absolute atomic E-state index is 0.226. The second-order valence-corrected chi connectivity index (χ2v) is 4.98. The number of hydrogen-bond acceptors (Lipinski definition) is 2. The molecule has 2 aromatic rings. The van der Waals surface area contributed by atoms with Gasteiger partial charge in [-0.3, -0.25) is 0 Å². The van der Waals surface area contributed by atoms with Crippen LogP contribution in [0.3, 0.4) is 0 Å². The lowest BCUT2D eigenvalue weighted by Crippen LogP contribution is -2.23. The summed E-state index contributed by atoms with van der Waals surface area (Å²) in [5.41, 5.74) is 2.42. The molecule has 0 bridgehead atoms. The molecule has 0 radical (unpaired) electrons. The summed E-state index contributed by atoms with van der Waals surface area (Å²) in [6, 6.07) is 6.62. The molecular formula is C15H17ClFNO. The second kappa shape index (κ2) is 5.76. The Balaban J connectivity index is 2.51. The van der Waals surface area contributed by atoms with E-state index < -0.39 is 0 Å². The molecule has 4 heteroatoms. The SMILES string of the molecule is CCNC(c1ccc(Cl)o1)c1c(C)cc(C)cc1F. The van der Waals surface area contributed by atoms with Gasteiger partial charge >= 0.3 is 0 Å². The van der Waals surface area contributed by atoms with E-state index in [0.29, 0.717) is 23.1 Å². The van der Waals surface area contributed by atoms with Crippen molar-refractivity contribution in [3.63, 3.8) is 0 Å². The van der Waals surface area contributed by atoms with E-state index in [0.717, 1.165) is 11.1 Å². The fraction of sp³-hybridized carbons (Fsp3) is 0.333. The van der Waals surface area contributed by atoms with E-state index in [4.69, 9.17) is 16.0 Å². The molecule has 1 atom stereocenters. The highest BCUT2D eigenvalue weighted by Gasteiger charge is 2.22. The van der Waals surface area contributed by atoms with E-state index in [-0.39, 0.29) is 11.9 Å². The first-order valence-corrected chi connectivity index (χ1v) is 6.66. The van der Waals surface area contributed by atoms with Crippen LogP contribution in [-0.2, 0) is 0 Å². The average molecular weight is 282 g/mol. The molecule has 19 heavy (non-hydrogen) atoms. The molecule has 0 saturated carbocycles. The highest BCUT2D eigenvalue weighted by Crippen LogP contribution is 2.30. The smallest absolute Gasteiger partial charge is 0.193 e. The van der Waals surface area contributed by atoms with Gasteiger partial charge in [-0.05, 0) is 61.3 Å². The largest absolute Gasteiger partial charge is 0.448 e. The fourth-order valence-electron chi connectivity index (χ4n) is 2.32. The van der Waals surface area contributed by atoms with Crippen molar-refractivity contribution < 1.29 is 8.81 Å². The molecule has 1 aromatic heterocycles. The van der Waals surface area contributed by atoms with Crippen molar-refractivity contribution in [1.82, 2.24) is 5.32 Å². The Morgan fingerprint density at radius 1 is 1.32 bits per heavy atom. The Morgan fingerprint density at radius 2 is 2.05 bits per heavy atom. The molecule has 1 heterocycles. The van der Waals surface area contributed by atoms with Gasteiger partial charge in [0.25, 0.3) is 0 Å². The number of hydrogen-bond donors (Lipinski definition) is 1. The van der Waals surface area contributed by atoms with Crippen molar-refractivity contribution in [2.75, 3.05) is 6.54 Å². The van der Waals surface area contributed by atoms with Gasteiger partial charge in [0.15, 0.2) is 5.22 Å². The number of benzene rings is 1. The lowest BCUT2D eigenvalue weighted by Gasteiger charge is -2.19. The summed E-state index contributed by atoms with van der Waals surface area (Å²) in [5.74, 6) is 0.397. The van der Waals surface area contributed by atoms with Gasteiger partial charge in [-0.25, -0.2) is 4.39 Å². The van der Waals surface area contributed by atoms with Crippen molar-refractivity contribution in [3.8, 4) is 0 Å². The van der Waals surface area contributed by atoms with Gasteiger partial charge in [-0.1, -0.05) is 13.0 Å². The number of aryl methyl sites for hydroxylation is 2. The molecular weight excluding hydrogens is 265 g/mol. The van der Waals surface area contributed by atoms with Crippen LogP contribution in [0.15, 0.2) is 28.7 Å². The Kier molecular flexibility index (Phi) is 4.27. The minimum atomic E-state index is -0.321. The van der Waals surface area contributed by atoms with Crippen LogP contribution in [0.4, 0.5) is 4.39 Å². The summed E-state index contributed by atoms with van der Waals surface area (Å²) in [5, 5.41) is 3.55. The van der Waals surface area contributed by atoms with Gasteiger partial charge < -0.3 is 9.73 Å². The monoisotopic (exact) mass is 281 g/mol. The van der Waals surface area contributed by atoms with Gasteiger partial charge in [-0.15, -0.1) is 0 Å². The predicted octanol–water partition coefficient (Wildman–Crippen LogP) is 4.39. The molecule has 0 spiro atoms. The van der Waals surface area contributed by atoms with E-state index in [9.17, 15) is 4.39 Å². The highest BCUT2D eigenvalue weighted by molar-refractivity contribution is 6.28. The van der Waals surface area contributed by atoms with Crippen LogP contribution in [0.1, 0.15) is 35.4 Å². The lowest BCUT2D eigenvalue weighted by molar-refractivity contribution is 0.441. The van der Waals surface area contributed by atoms with Crippen LogP contribution in [0.5, 0.6) is 0 Å². The molecule has 102 valence electrons. The third-order valence-electron chi connectivity index (χ3n) is 3.06. The van der Waals surface area contributed by atoms with E-state index in [1.54, 1.807) is 12.1 Å². The zero-order valence-electron chi connectivity index (χ0n) is 11.3. The first-order chi connectivity index (χ1) is 9.02. The number of furan rings is 1. The van der Waals surface area contributed by atoms with E-state index in [1.165, 1.54) is 6.07 Å². The van der Waals surface area contributed by atoms with Crippen LogP contribution >= 0.6 is 11.6 Å². The predicted molar refractivity (Wildman–Crippen MR) is 75.1 cm³/mol. The highest BCUT2D eigenvalue weighted by atomic mass is 35.5. The normalized spacial score (nSPS) is 12.7. The Labute approximate surface area is 117 Å². The number of halogens is 2. The van der Waals surface area contributed by atoms with Crippen molar-refractivity contribution in [2.24, 2.45) is 0 Å². The lowest BCUT2D eigenvalue weighted by atomic mass is 9.96. The topological polar surface area (TPSA) is 25.2 Å². The zero-order valence-corrected chi connectivity index (χ0v) is 12.0. The second-order valence-electron chi connectivity index (χ2n) is 4.61. The van der Waals surface area contributed by atoms with Crippen LogP contribution < -0.4 is 5.32 Å². The van der Waals surface area contributed by atoms with E-state index in [1.807, 2.05) is 26.8 Å². The molecule has 0 aliphatic heterocycles. The Hall–Kier alpha value is -1.32. The first-order valence-electron chi connectivity index (χ1n) is 6.28. The maximum absolute atomic E-state index is 14.3. The molecule has 0 aliphatic carbocycles. The van der Waals surface area contributed by atoms with Crippen molar-refractivity contribution >= 4 is 11.6 Å². The van der Waals surface area contributed by atoms with E-state index >= 15 is 0 Å². The third kappa shape index (κ3) is 2.99. The minimum Gasteiger partial charge on any atom is -0.448 e. The van der Waals surface area contributed by atoms with Gasteiger partial charge in [0.2, 0.25) is 0 Å². The number of rotatable bonds is 4. The molecule has 1 aromatic carbocycles. The standard InChI is InChI=1S/C15H17ClFNO/c1-4-18-15(12-5-6-13(16)19-12)14-10(3)7-9(2)8-11(14)17/h5-8,15,18H,4H2,1-3H3. The average Bonchev–Trinajstić information content (AvgIpc) is 2.73. The summed E-state index contributed by atoms with van der Waals surface area (Å²) in [7, 11) is 0. The van der Waals surface area contributed by atoms with Crippen LogP contribution in [0.2, 0.25) is 5.22 Å². The quantitative estimate of drug-likeness (QED) is 0.899. The number of nitrogens with one attached hydrogen (secondary N) is 1. The van der Waals surface area contributed by atoms with Crippen LogP contribution in [-0.4, -0.2) is 6.54 Å².